The lowest BCUT2D eigenvalue weighted by molar-refractivity contribution is -0.120. The molecule has 0 saturated carbocycles. The summed E-state index contributed by atoms with van der Waals surface area (Å²) in [5, 5.41) is 9.25. The number of benzene rings is 1. The van der Waals surface area contributed by atoms with Crippen molar-refractivity contribution in [2.24, 2.45) is 5.92 Å². The van der Waals surface area contributed by atoms with Gasteiger partial charge in [-0.05, 0) is 18.1 Å². The molecule has 0 radical (unpaired) electrons. The molecule has 2 rings (SSSR count). The highest BCUT2D eigenvalue weighted by Gasteiger charge is 2.23. The number of imidazole rings is 1. The summed E-state index contributed by atoms with van der Waals surface area (Å²) in [7, 11) is 0. The summed E-state index contributed by atoms with van der Waals surface area (Å²) in [6.07, 6.45) is 0.224. The summed E-state index contributed by atoms with van der Waals surface area (Å²) >= 11 is 0. The molecule has 0 aliphatic rings. The van der Waals surface area contributed by atoms with E-state index in [0.29, 0.717) is 25.0 Å². The molecule has 5 heteroatoms. The molecule has 5 nitrogen and oxygen atoms in total. The Morgan fingerprint density at radius 1 is 1.43 bits per heavy atom. The maximum absolute atomic E-state index is 12.1. The van der Waals surface area contributed by atoms with Gasteiger partial charge in [0.2, 0.25) is 0 Å². The predicted octanol–water partition coefficient (Wildman–Crippen LogP) is 2.80. The standard InChI is InChI=1S/C16H19N3O2/c1-11(2)10-21-8-7-15(20)12(9-17)16-18-13-5-3-4-6-14(13)19-16/h3-6,11-12H,7-8,10H2,1-2H3,(H,18,19)/t12-/m0/s1. The third-order valence-electron chi connectivity index (χ3n) is 3.08. The summed E-state index contributed by atoms with van der Waals surface area (Å²) in [5.41, 5.74) is 1.59. The third kappa shape index (κ3) is 3.89. The molecule has 1 aromatic heterocycles. The second-order valence-corrected chi connectivity index (χ2v) is 5.39. The highest BCUT2D eigenvalue weighted by molar-refractivity contribution is 5.88. The Kier molecular flexibility index (Phi) is 5.07. The molecule has 21 heavy (non-hydrogen) atoms. The van der Waals surface area contributed by atoms with Gasteiger partial charge in [0, 0.05) is 13.0 Å². The van der Waals surface area contributed by atoms with Gasteiger partial charge in [0.25, 0.3) is 0 Å². The topological polar surface area (TPSA) is 78.8 Å². The number of hydrogen-bond donors (Lipinski definition) is 1. The van der Waals surface area contributed by atoms with Crippen LogP contribution in [0.3, 0.4) is 0 Å². The molecule has 0 unspecified atom stereocenters. The van der Waals surface area contributed by atoms with Gasteiger partial charge in [0.1, 0.15) is 5.82 Å². The van der Waals surface area contributed by atoms with Crippen molar-refractivity contribution in [1.82, 2.24) is 9.97 Å². The molecule has 1 aromatic carbocycles. The lowest BCUT2D eigenvalue weighted by Crippen LogP contribution is -2.15. The molecule has 0 saturated heterocycles. The first-order chi connectivity index (χ1) is 10.1. The van der Waals surface area contributed by atoms with Gasteiger partial charge in [0.05, 0.1) is 23.7 Å². The van der Waals surface area contributed by atoms with Gasteiger partial charge in [0.15, 0.2) is 11.7 Å². The van der Waals surface area contributed by atoms with E-state index in [1.807, 2.05) is 44.2 Å². The van der Waals surface area contributed by atoms with Crippen LogP contribution in [0.25, 0.3) is 11.0 Å². The number of nitrogens with zero attached hydrogens (tertiary/aromatic N) is 2. The Labute approximate surface area is 123 Å². The summed E-state index contributed by atoms with van der Waals surface area (Å²) in [5.74, 6) is -0.185. The van der Waals surface area contributed by atoms with Crippen LogP contribution in [0.15, 0.2) is 24.3 Å². The van der Waals surface area contributed by atoms with Gasteiger partial charge >= 0.3 is 0 Å². The maximum atomic E-state index is 12.1. The number of carbonyl (C=O) groups is 1. The monoisotopic (exact) mass is 285 g/mol. The minimum absolute atomic E-state index is 0.166. The Hall–Kier alpha value is -2.19. The largest absolute Gasteiger partial charge is 0.381 e. The van der Waals surface area contributed by atoms with Crippen molar-refractivity contribution in [3.05, 3.63) is 30.1 Å². The lowest BCUT2D eigenvalue weighted by atomic mass is 10.0. The fraction of sp³-hybridized carbons (Fsp3) is 0.438. The second-order valence-electron chi connectivity index (χ2n) is 5.39. The number of rotatable bonds is 7. The van der Waals surface area contributed by atoms with Crippen LogP contribution < -0.4 is 0 Å². The molecule has 0 amide bonds. The average molecular weight is 285 g/mol. The number of H-pyrrole nitrogens is 1. The van der Waals surface area contributed by atoms with Crippen molar-refractivity contribution in [3.63, 3.8) is 0 Å². The normalized spacial score (nSPS) is 12.5. The van der Waals surface area contributed by atoms with Gasteiger partial charge in [-0.1, -0.05) is 26.0 Å². The fourth-order valence-corrected chi connectivity index (χ4v) is 2.03. The van der Waals surface area contributed by atoms with Gasteiger partial charge in [-0.15, -0.1) is 0 Å². The maximum Gasteiger partial charge on any atom is 0.162 e. The summed E-state index contributed by atoms with van der Waals surface area (Å²) < 4.78 is 5.39. The number of fused-ring (bicyclic) bond motifs is 1. The first-order valence-corrected chi connectivity index (χ1v) is 7.06. The number of nitriles is 1. The molecule has 110 valence electrons. The Morgan fingerprint density at radius 3 is 2.86 bits per heavy atom. The molecule has 0 fully saturated rings. The smallest absolute Gasteiger partial charge is 0.162 e. The van der Waals surface area contributed by atoms with Crippen LogP contribution in [-0.4, -0.2) is 29.0 Å². The van der Waals surface area contributed by atoms with Crippen molar-refractivity contribution in [2.45, 2.75) is 26.2 Å². The van der Waals surface area contributed by atoms with Crippen molar-refractivity contribution < 1.29 is 9.53 Å². The Balaban J connectivity index is 2.02. The van der Waals surface area contributed by atoms with E-state index in [2.05, 4.69) is 9.97 Å². The van der Waals surface area contributed by atoms with Crippen molar-refractivity contribution in [2.75, 3.05) is 13.2 Å². The number of ether oxygens (including phenoxy) is 1. The molecule has 0 spiro atoms. The van der Waals surface area contributed by atoms with Crippen molar-refractivity contribution >= 4 is 16.8 Å². The molecule has 0 aliphatic carbocycles. The number of aromatic amines is 1. The van der Waals surface area contributed by atoms with Crippen molar-refractivity contribution in [3.8, 4) is 6.07 Å². The van der Waals surface area contributed by atoms with Crippen molar-refractivity contribution in [1.29, 1.82) is 5.26 Å². The first-order valence-electron chi connectivity index (χ1n) is 7.06. The van der Waals surface area contributed by atoms with E-state index in [1.54, 1.807) is 0 Å². The van der Waals surface area contributed by atoms with Crippen LogP contribution in [0.4, 0.5) is 0 Å². The number of aromatic nitrogens is 2. The quantitative estimate of drug-likeness (QED) is 0.793. The molecule has 0 bridgehead atoms. The molecule has 0 aliphatic heterocycles. The number of ketones is 1. The van der Waals surface area contributed by atoms with Gasteiger partial charge < -0.3 is 9.72 Å². The van der Waals surface area contributed by atoms with E-state index < -0.39 is 5.92 Å². The average Bonchev–Trinajstić information content (AvgIpc) is 2.87. The van der Waals surface area contributed by atoms with E-state index >= 15 is 0 Å². The Morgan fingerprint density at radius 2 is 2.19 bits per heavy atom. The van der Waals surface area contributed by atoms with E-state index in [4.69, 9.17) is 4.74 Å². The van der Waals surface area contributed by atoms with Gasteiger partial charge in [-0.2, -0.15) is 5.26 Å². The highest BCUT2D eigenvalue weighted by Crippen LogP contribution is 2.19. The zero-order valence-corrected chi connectivity index (χ0v) is 12.3. The zero-order valence-electron chi connectivity index (χ0n) is 12.3. The third-order valence-corrected chi connectivity index (χ3v) is 3.08. The predicted molar refractivity (Wildman–Crippen MR) is 79.7 cm³/mol. The van der Waals surface area contributed by atoms with Crippen LogP contribution in [0.2, 0.25) is 0 Å². The molecule has 1 atom stereocenters. The summed E-state index contributed by atoms with van der Waals surface area (Å²) in [6, 6.07) is 9.50. The second kappa shape index (κ2) is 7.00. The highest BCUT2D eigenvalue weighted by atomic mass is 16.5. The SMILES string of the molecule is CC(C)COCCC(=O)[C@H](C#N)c1nc2ccccc2[nH]1. The molecular weight excluding hydrogens is 266 g/mol. The van der Waals surface area contributed by atoms with E-state index in [-0.39, 0.29) is 12.2 Å². The zero-order chi connectivity index (χ0) is 15.2. The van der Waals surface area contributed by atoms with E-state index in [1.165, 1.54) is 0 Å². The lowest BCUT2D eigenvalue weighted by Gasteiger charge is -2.08. The molecule has 1 N–H and O–H groups in total. The minimum Gasteiger partial charge on any atom is -0.381 e. The Bertz CT molecular complexity index is 622. The van der Waals surface area contributed by atoms with Gasteiger partial charge in [-0.3, -0.25) is 4.79 Å². The number of hydrogen-bond acceptors (Lipinski definition) is 4. The fourth-order valence-electron chi connectivity index (χ4n) is 2.03. The summed E-state index contributed by atoms with van der Waals surface area (Å²) in [6.45, 7) is 5.06. The van der Waals surface area contributed by atoms with Gasteiger partial charge in [-0.25, -0.2) is 4.98 Å². The van der Waals surface area contributed by atoms with Crippen LogP contribution in [0, 0.1) is 17.2 Å². The molecule has 1 heterocycles. The van der Waals surface area contributed by atoms with Crippen LogP contribution in [-0.2, 0) is 9.53 Å². The number of Topliss-reactive ketones (excluding diaryl/α,β-unsaturated/α-hetero) is 1. The number of carbonyl (C=O) groups excluding carboxylic acids is 1. The number of para-hydroxylation sites is 2. The van der Waals surface area contributed by atoms with Crippen LogP contribution >= 0.6 is 0 Å². The summed E-state index contributed by atoms with van der Waals surface area (Å²) in [4.78, 5) is 19.5. The first kappa shape index (κ1) is 15.2. The van der Waals surface area contributed by atoms with Crippen LogP contribution in [0.5, 0.6) is 0 Å². The molecule has 2 aromatic rings. The van der Waals surface area contributed by atoms with E-state index in [9.17, 15) is 10.1 Å². The van der Waals surface area contributed by atoms with Crippen LogP contribution in [0.1, 0.15) is 32.0 Å². The molecular formula is C16H19N3O2. The number of nitrogens with one attached hydrogen (secondary N) is 1. The van der Waals surface area contributed by atoms with E-state index in [0.717, 1.165) is 11.0 Å². The minimum atomic E-state index is -0.861.